The van der Waals surface area contributed by atoms with Gasteiger partial charge in [-0.05, 0) is 45.6 Å². The van der Waals surface area contributed by atoms with Gasteiger partial charge >= 0.3 is 0 Å². The largest absolute Gasteiger partial charge is 0.496 e. The Morgan fingerprint density at radius 1 is 1.06 bits per heavy atom. The van der Waals surface area contributed by atoms with Crippen molar-refractivity contribution in [1.82, 2.24) is 4.90 Å². The second-order valence-electron chi connectivity index (χ2n) is 4.20. The third kappa shape index (κ3) is 2.47. The Morgan fingerprint density at radius 2 is 1.62 bits per heavy atom. The van der Waals surface area contributed by atoms with E-state index in [1.54, 1.807) is 14.2 Å². The Kier molecular flexibility index (Phi) is 4.19. The average molecular weight is 223 g/mol. The van der Waals surface area contributed by atoms with Crippen LogP contribution in [0.1, 0.15) is 24.1 Å². The van der Waals surface area contributed by atoms with E-state index in [1.165, 1.54) is 0 Å². The molecule has 1 aromatic rings. The molecule has 0 aromatic heterocycles. The quantitative estimate of drug-likeness (QED) is 0.783. The lowest BCUT2D eigenvalue weighted by atomic mass is 10.0. The molecule has 0 fully saturated rings. The summed E-state index contributed by atoms with van der Waals surface area (Å²) >= 11 is 0. The van der Waals surface area contributed by atoms with Gasteiger partial charge in [0.15, 0.2) is 0 Å². The third-order valence-electron chi connectivity index (χ3n) is 2.97. The lowest BCUT2D eigenvalue weighted by molar-refractivity contribution is 0.306. The van der Waals surface area contributed by atoms with Crippen molar-refractivity contribution in [1.29, 1.82) is 0 Å². The maximum atomic E-state index is 5.41. The van der Waals surface area contributed by atoms with Crippen LogP contribution in [0.25, 0.3) is 0 Å². The number of hydrogen-bond acceptors (Lipinski definition) is 3. The molecule has 0 aliphatic heterocycles. The predicted octanol–water partition coefficient (Wildman–Crippen LogP) is 2.63. The van der Waals surface area contributed by atoms with Crippen molar-refractivity contribution >= 4 is 0 Å². The van der Waals surface area contributed by atoms with Crippen LogP contribution in [0, 0.1) is 6.92 Å². The van der Waals surface area contributed by atoms with E-state index in [-0.39, 0.29) is 0 Å². The molecule has 0 spiro atoms. The van der Waals surface area contributed by atoms with Crippen molar-refractivity contribution in [3.05, 3.63) is 23.3 Å². The third-order valence-corrected chi connectivity index (χ3v) is 2.97. The Labute approximate surface area is 98.0 Å². The smallest absolute Gasteiger partial charge is 0.124 e. The van der Waals surface area contributed by atoms with Crippen molar-refractivity contribution < 1.29 is 9.47 Å². The summed E-state index contributed by atoms with van der Waals surface area (Å²) in [6.45, 7) is 4.16. The predicted molar refractivity (Wildman–Crippen MR) is 66.4 cm³/mol. The van der Waals surface area contributed by atoms with Gasteiger partial charge in [-0.15, -0.1) is 0 Å². The van der Waals surface area contributed by atoms with Gasteiger partial charge in [0.25, 0.3) is 0 Å². The molecule has 90 valence electrons. The standard InChI is InChI=1S/C13H21NO2/c1-9-7-13(16-6)11(8-12(9)15-5)10(2)14(3)4/h7-8,10H,1-6H3. The fourth-order valence-electron chi connectivity index (χ4n) is 1.68. The SMILES string of the molecule is COc1cc(C(C)N(C)C)c(OC)cc1C. The summed E-state index contributed by atoms with van der Waals surface area (Å²) in [5.41, 5.74) is 2.24. The number of hydrogen-bond donors (Lipinski definition) is 0. The second kappa shape index (κ2) is 5.21. The van der Waals surface area contributed by atoms with Crippen LogP contribution in [0.15, 0.2) is 12.1 Å². The first-order chi connectivity index (χ1) is 7.51. The molecule has 1 unspecified atom stereocenters. The van der Waals surface area contributed by atoms with E-state index in [2.05, 4.69) is 32.0 Å². The average Bonchev–Trinajstić information content (AvgIpc) is 2.27. The molecular formula is C13H21NO2. The van der Waals surface area contributed by atoms with E-state index in [0.29, 0.717) is 6.04 Å². The van der Waals surface area contributed by atoms with Gasteiger partial charge in [0.2, 0.25) is 0 Å². The molecule has 0 aliphatic carbocycles. The molecule has 0 saturated carbocycles. The number of aryl methyl sites for hydroxylation is 1. The minimum atomic E-state index is 0.296. The van der Waals surface area contributed by atoms with Crippen LogP contribution in [-0.4, -0.2) is 33.2 Å². The zero-order chi connectivity index (χ0) is 12.3. The van der Waals surface area contributed by atoms with Crippen molar-refractivity contribution in [3.63, 3.8) is 0 Å². The minimum absolute atomic E-state index is 0.296. The Hall–Kier alpha value is -1.22. The molecule has 3 heteroatoms. The first-order valence-electron chi connectivity index (χ1n) is 5.40. The van der Waals surface area contributed by atoms with Crippen LogP contribution in [0.2, 0.25) is 0 Å². The van der Waals surface area contributed by atoms with E-state index in [9.17, 15) is 0 Å². The highest BCUT2D eigenvalue weighted by molar-refractivity contribution is 5.47. The molecule has 0 aliphatic rings. The summed E-state index contributed by atoms with van der Waals surface area (Å²) in [5.74, 6) is 1.82. The molecule has 16 heavy (non-hydrogen) atoms. The summed E-state index contributed by atoms with van der Waals surface area (Å²) in [4.78, 5) is 2.15. The fraction of sp³-hybridized carbons (Fsp3) is 0.538. The number of nitrogens with zero attached hydrogens (tertiary/aromatic N) is 1. The highest BCUT2D eigenvalue weighted by Gasteiger charge is 2.16. The second-order valence-corrected chi connectivity index (χ2v) is 4.20. The molecule has 0 radical (unpaired) electrons. The maximum Gasteiger partial charge on any atom is 0.124 e. The fourth-order valence-corrected chi connectivity index (χ4v) is 1.68. The van der Waals surface area contributed by atoms with Gasteiger partial charge in [-0.1, -0.05) is 0 Å². The minimum Gasteiger partial charge on any atom is -0.496 e. The van der Waals surface area contributed by atoms with E-state index >= 15 is 0 Å². The first kappa shape index (κ1) is 12.8. The van der Waals surface area contributed by atoms with Crippen LogP contribution in [0.3, 0.4) is 0 Å². The summed E-state index contributed by atoms with van der Waals surface area (Å²) in [6.07, 6.45) is 0. The zero-order valence-corrected chi connectivity index (χ0v) is 11.0. The molecular weight excluding hydrogens is 202 g/mol. The van der Waals surface area contributed by atoms with E-state index in [1.807, 2.05) is 13.0 Å². The monoisotopic (exact) mass is 223 g/mol. The maximum absolute atomic E-state index is 5.41. The highest BCUT2D eigenvalue weighted by Crippen LogP contribution is 2.33. The molecule has 0 saturated heterocycles. The molecule has 3 nitrogen and oxygen atoms in total. The van der Waals surface area contributed by atoms with Gasteiger partial charge in [0.05, 0.1) is 14.2 Å². The van der Waals surface area contributed by atoms with E-state index in [4.69, 9.17) is 9.47 Å². The van der Waals surface area contributed by atoms with Gasteiger partial charge in [-0.3, -0.25) is 0 Å². The van der Waals surface area contributed by atoms with Crippen LogP contribution in [0.5, 0.6) is 11.5 Å². The summed E-state index contributed by atoms with van der Waals surface area (Å²) in [6, 6.07) is 4.37. The van der Waals surface area contributed by atoms with Gasteiger partial charge in [0.1, 0.15) is 11.5 Å². The first-order valence-corrected chi connectivity index (χ1v) is 5.40. The Morgan fingerprint density at radius 3 is 2.06 bits per heavy atom. The van der Waals surface area contributed by atoms with Crippen molar-refractivity contribution in [2.75, 3.05) is 28.3 Å². The zero-order valence-electron chi connectivity index (χ0n) is 11.0. The van der Waals surface area contributed by atoms with Crippen LogP contribution < -0.4 is 9.47 Å². The summed E-state index contributed by atoms with van der Waals surface area (Å²) in [5, 5.41) is 0. The molecule has 0 bridgehead atoms. The molecule has 1 aromatic carbocycles. The molecule has 0 heterocycles. The summed E-state index contributed by atoms with van der Waals surface area (Å²) < 4.78 is 10.8. The number of ether oxygens (including phenoxy) is 2. The van der Waals surface area contributed by atoms with Crippen LogP contribution in [0.4, 0.5) is 0 Å². The Bertz CT molecular complexity index is 361. The summed E-state index contributed by atoms with van der Waals surface area (Å²) in [7, 11) is 7.50. The van der Waals surface area contributed by atoms with Crippen molar-refractivity contribution in [3.8, 4) is 11.5 Å². The topological polar surface area (TPSA) is 21.7 Å². The molecule has 1 atom stereocenters. The molecule has 0 N–H and O–H groups in total. The number of rotatable bonds is 4. The van der Waals surface area contributed by atoms with Gasteiger partial charge < -0.3 is 14.4 Å². The Balaban J connectivity index is 3.24. The lowest BCUT2D eigenvalue weighted by Crippen LogP contribution is -2.17. The highest BCUT2D eigenvalue weighted by atomic mass is 16.5. The molecule has 0 amide bonds. The van der Waals surface area contributed by atoms with Crippen LogP contribution >= 0.6 is 0 Å². The lowest BCUT2D eigenvalue weighted by Gasteiger charge is -2.23. The van der Waals surface area contributed by atoms with Gasteiger partial charge in [-0.2, -0.15) is 0 Å². The van der Waals surface area contributed by atoms with Gasteiger partial charge in [-0.25, -0.2) is 0 Å². The van der Waals surface area contributed by atoms with Crippen molar-refractivity contribution in [2.45, 2.75) is 19.9 Å². The number of benzene rings is 1. The van der Waals surface area contributed by atoms with E-state index in [0.717, 1.165) is 22.6 Å². The van der Waals surface area contributed by atoms with E-state index < -0.39 is 0 Å². The van der Waals surface area contributed by atoms with Crippen LogP contribution in [-0.2, 0) is 0 Å². The van der Waals surface area contributed by atoms with Gasteiger partial charge in [0, 0.05) is 11.6 Å². The number of methoxy groups -OCH3 is 2. The van der Waals surface area contributed by atoms with Crippen molar-refractivity contribution in [2.24, 2.45) is 0 Å². The normalized spacial score (nSPS) is 12.7. The molecule has 1 rings (SSSR count).